The summed E-state index contributed by atoms with van der Waals surface area (Å²) < 4.78 is 27.1. The Hall–Kier alpha value is -2.63. The third-order valence-corrected chi connectivity index (χ3v) is 3.09. The first-order valence-electron chi connectivity index (χ1n) is 6.23. The molecule has 4 nitrogen and oxygen atoms in total. The number of aromatic hydroxyl groups is 1. The number of carbonyl (C=O) groups excluding carboxylic acids is 1. The fourth-order valence-electron chi connectivity index (χ4n) is 1.93. The van der Waals surface area contributed by atoms with E-state index in [4.69, 9.17) is 5.73 Å². The van der Waals surface area contributed by atoms with Crippen LogP contribution in [-0.4, -0.2) is 11.0 Å². The predicted molar refractivity (Wildman–Crippen MR) is 75.0 cm³/mol. The van der Waals surface area contributed by atoms with Gasteiger partial charge in [0.2, 0.25) is 0 Å². The van der Waals surface area contributed by atoms with Crippen molar-refractivity contribution in [2.24, 2.45) is 5.73 Å². The summed E-state index contributed by atoms with van der Waals surface area (Å²) in [6.45, 7) is 1.76. The van der Waals surface area contributed by atoms with Gasteiger partial charge in [0.05, 0.1) is 11.3 Å². The third-order valence-electron chi connectivity index (χ3n) is 3.09. The Kier molecular flexibility index (Phi) is 4.07. The minimum atomic E-state index is -0.997. The molecule has 0 aliphatic rings. The van der Waals surface area contributed by atoms with Crippen molar-refractivity contribution in [2.45, 2.75) is 13.0 Å². The van der Waals surface area contributed by atoms with Gasteiger partial charge in [0.15, 0.2) is 0 Å². The number of nitrogens with two attached hydrogens (primary N) is 1. The number of rotatable bonds is 4. The van der Waals surface area contributed by atoms with Crippen molar-refractivity contribution in [1.82, 2.24) is 0 Å². The summed E-state index contributed by atoms with van der Waals surface area (Å²) in [5.74, 6) is -2.66. The molecule has 0 bridgehead atoms. The number of hydrogen-bond donors (Lipinski definition) is 3. The molecule has 0 aliphatic heterocycles. The first-order valence-corrected chi connectivity index (χ1v) is 6.23. The number of hydrogen-bond acceptors (Lipinski definition) is 3. The van der Waals surface area contributed by atoms with Gasteiger partial charge in [-0.15, -0.1) is 0 Å². The number of phenolic OH excluding ortho intramolecular Hbond substituents is 1. The molecular formula is C15H14F2N2O2. The highest BCUT2D eigenvalue weighted by Crippen LogP contribution is 2.25. The first kappa shape index (κ1) is 14.8. The van der Waals surface area contributed by atoms with Crippen molar-refractivity contribution in [1.29, 1.82) is 0 Å². The van der Waals surface area contributed by atoms with Gasteiger partial charge in [-0.2, -0.15) is 0 Å². The molecule has 2 aromatic rings. The molecule has 0 spiro atoms. The molecular weight excluding hydrogens is 278 g/mol. The van der Waals surface area contributed by atoms with Gasteiger partial charge in [0.25, 0.3) is 5.91 Å². The van der Waals surface area contributed by atoms with E-state index in [1.807, 2.05) is 0 Å². The molecule has 1 unspecified atom stereocenters. The quantitative estimate of drug-likeness (QED) is 0.811. The molecule has 0 radical (unpaired) electrons. The fourth-order valence-corrected chi connectivity index (χ4v) is 1.93. The summed E-state index contributed by atoms with van der Waals surface area (Å²) >= 11 is 0. The molecule has 21 heavy (non-hydrogen) atoms. The zero-order valence-corrected chi connectivity index (χ0v) is 11.2. The molecule has 1 amide bonds. The van der Waals surface area contributed by atoms with Crippen LogP contribution in [-0.2, 0) is 0 Å². The van der Waals surface area contributed by atoms with Crippen molar-refractivity contribution < 1.29 is 18.7 Å². The highest BCUT2D eigenvalue weighted by molar-refractivity contribution is 5.94. The Morgan fingerprint density at radius 1 is 1.19 bits per heavy atom. The summed E-state index contributed by atoms with van der Waals surface area (Å²) in [5.41, 5.74) is 5.42. The first-order chi connectivity index (χ1) is 9.88. The van der Waals surface area contributed by atoms with Crippen LogP contribution in [0, 0.1) is 11.6 Å². The summed E-state index contributed by atoms with van der Waals surface area (Å²) in [5, 5.41) is 12.1. The Bertz CT molecular complexity index is 672. The predicted octanol–water partition coefficient (Wildman–Crippen LogP) is 2.94. The van der Waals surface area contributed by atoms with E-state index in [0.29, 0.717) is 6.07 Å². The number of amides is 1. The lowest BCUT2D eigenvalue weighted by molar-refractivity contribution is 0.0996. The average Bonchev–Trinajstić information content (AvgIpc) is 2.42. The van der Waals surface area contributed by atoms with E-state index < -0.39 is 17.5 Å². The van der Waals surface area contributed by atoms with E-state index in [2.05, 4.69) is 5.32 Å². The molecule has 2 rings (SSSR count). The molecule has 0 saturated heterocycles. The van der Waals surface area contributed by atoms with Gasteiger partial charge < -0.3 is 16.2 Å². The molecule has 110 valence electrons. The number of anilines is 1. The normalized spacial score (nSPS) is 12.0. The molecule has 0 aliphatic carbocycles. The van der Waals surface area contributed by atoms with Crippen LogP contribution in [0.3, 0.4) is 0 Å². The van der Waals surface area contributed by atoms with E-state index in [-0.39, 0.29) is 23.0 Å². The van der Waals surface area contributed by atoms with E-state index in [9.17, 15) is 18.7 Å². The summed E-state index contributed by atoms with van der Waals surface area (Å²) in [6, 6.07) is 7.70. The van der Waals surface area contributed by atoms with E-state index in [1.165, 1.54) is 12.1 Å². The van der Waals surface area contributed by atoms with Crippen molar-refractivity contribution in [2.75, 3.05) is 5.32 Å². The number of halogens is 2. The minimum Gasteiger partial charge on any atom is -0.508 e. The summed E-state index contributed by atoms with van der Waals surface area (Å²) in [7, 11) is 0. The molecule has 4 N–H and O–H groups in total. The topological polar surface area (TPSA) is 75.3 Å². The van der Waals surface area contributed by atoms with Crippen LogP contribution in [0.4, 0.5) is 14.5 Å². The largest absolute Gasteiger partial charge is 0.508 e. The standard InChI is InChI=1S/C15H14F2N2O2/c1-8(9-2-4-10(20)5-3-9)19-14-6-11(15(18)21)12(16)7-13(14)17/h2-8,19-20H,1H3,(H2,18,21). The van der Waals surface area contributed by atoms with Gasteiger partial charge in [-0.3, -0.25) is 4.79 Å². The number of nitrogens with one attached hydrogen (secondary N) is 1. The number of carbonyl (C=O) groups is 1. The van der Waals surface area contributed by atoms with Crippen LogP contribution in [0.5, 0.6) is 5.75 Å². The van der Waals surface area contributed by atoms with Gasteiger partial charge in [-0.25, -0.2) is 8.78 Å². The Balaban J connectivity index is 2.28. The highest BCUT2D eigenvalue weighted by Gasteiger charge is 2.15. The van der Waals surface area contributed by atoms with Gasteiger partial charge in [-0.1, -0.05) is 12.1 Å². The maximum atomic E-state index is 13.7. The van der Waals surface area contributed by atoms with Crippen molar-refractivity contribution in [3.63, 3.8) is 0 Å². The zero-order valence-electron chi connectivity index (χ0n) is 11.2. The van der Waals surface area contributed by atoms with Gasteiger partial charge in [0.1, 0.15) is 17.4 Å². The Morgan fingerprint density at radius 2 is 1.81 bits per heavy atom. The van der Waals surface area contributed by atoms with E-state index in [0.717, 1.165) is 11.6 Å². The lowest BCUT2D eigenvalue weighted by Crippen LogP contribution is -2.15. The lowest BCUT2D eigenvalue weighted by atomic mass is 10.1. The summed E-state index contributed by atoms with van der Waals surface area (Å²) in [6.07, 6.45) is 0. The number of phenols is 1. The molecule has 0 fully saturated rings. The summed E-state index contributed by atoms with van der Waals surface area (Å²) in [4.78, 5) is 11.1. The fraction of sp³-hybridized carbons (Fsp3) is 0.133. The maximum absolute atomic E-state index is 13.7. The van der Waals surface area contributed by atoms with E-state index >= 15 is 0 Å². The number of primary amides is 1. The molecule has 0 saturated carbocycles. The van der Waals surface area contributed by atoms with Crippen molar-refractivity contribution in [3.05, 3.63) is 59.2 Å². The monoisotopic (exact) mass is 292 g/mol. The lowest BCUT2D eigenvalue weighted by Gasteiger charge is -2.17. The van der Waals surface area contributed by atoms with E-state index in [1.54, 1.807) is 19.1 Å². The van der Waals surface area contributed by atoms with Crippen LogP contribution in [0.2, 0.25) is 0 Å². The smallest absolute Gasteiger partial charge is 0.251 e. The third kappa shape index (κ3) is 3.28. The molecule has 1 atom stereocenters. The second kappa shape index (κ2) is 5.78. The van der Waals surface area contributed by atoms with Crippen LogP contribution in [0.15, 0.2) is 36.4 Å². The molecule has 0 aromatic heterocycles. The maximum Gasteiger partial charge on any atom is 0.251 e. The molecule has 2 aromatic carbocycles. The highest BCUT2D eigenvalue weighted by atomic mass is 19.1. The van der Waals surface area contributed by atoms with Gasteiger partial charge in [-0.05, 0) is 30.7 Å². The van der Waals surface area contributed by atoms with Crippen LogP contribution >= 0.6 is 0 Å². The zero-order chi connectivity index (χ0) is 15.6. The second-order valence-electron chi connectivity index (χ2n) is 4.63. The van der Waals surface area contributed by atoms with Crippen molar-refractivity contribution >= 4 is 11.6 Å². The average molecular weight is 292 g/mol. The minimum absolute atomic E-state index is 0.0224. The van der Waals surface area contributed by atoms with Crippen LogP contribution in [0.25, 0.3) is 0 Å². The Morgan fingerprint density at radius 3 is 2.38 bits per heavy atom. The molecule has 0 heterocycles. The van der Waals surface area contributed by atoms with Crippen LogP contribution in [0.1, 0.15) is 28.9 Å². The molecule has 6 heteroatoms. The van der Waals surface area contributed by atoms with Crippen LogP contribution < -0.4 is 11.1 Å². The van der Waals surface area contributed by atoms with Crippen molar-refractivity contribution in [3.8, 4) is 5.75 Å². The van der Waals surface area contributed by atoms with Gasteiger partial charge in [0, 0.05) is 12.1 Å². The second-order valence-corrected chi connectivity index (χ2v) is 4.63. The van der Waals surface area contributed by atoms with Gasteiger partial charge >= 0.3 is 0 Å². The SMILES string of the molecule is CC(Nc1cc(C(N)=O)c(F)cc1F)c1ccc(O)cc1. The Labute approximate surface area is 120 Å². The number of benzene rings is 2.